The van der Waals surface area contributed by atoms with Crippen LogP contribution in [0.2, 0.25) is 0 Å². The average molecular weight is 240 g/mol. The first-order valence-electron chi connectivity index (χ1n) is 5.86. The van der Waals surface area contributed by atoms with Gasteiger partial charge in [0.05, 0.1) is 0 Å². The zero-order valence-electron chi connectivity index (χ0n) is 10.9. The summed E-state index contributed by atoms with van der Waals surface area (Å²) in [6.07, 6.45) is 0. The number of rotatable bonds is 2. The van der Waals surface area contributed by atoms with Crippen molar-refractivity contribution in [1.29, 1.82) is 0 Å². The van der Waals surface area contributed by atoms with E-state index in [1.54, 1.807) is 6.92 Å². The third-order valence-corrected chi connectivity index (χ3v) is 2.98. The van der Waals surface area contributed by atoms with Crippen LogP contribution in [-0.4, -0.2) is 5.97 Å². The molecule has 0 heterocycles. The Balaban J connectivity index is 2.47. The molecule has 0 spiro atoms. The van der Waals surface area contributed by atoms with E-state index < -0.39 is 0 Å². The fraction of sp³-hybridized carbons (Fsp3) is 0.188. The second-order valence-corrected chi connectivity index (χ2v) is 4.58. The lowest BCUT2D eigenvalue weighted by Gasteiger charge is -2.09. The van der Waals surface area contributed by atoms with Crippen LogP contribution in [0.4, 0.5) is 0 Å². The summed E-state index contributed by atoms with van der Waals surface area (Å²) in [5.74, 6) is 0.170. The average Bonchev–Trinajstić information content (AvgIpc) is 2.34. The molecule has 0 aliphatic heterocycles. The van der Waals surface area contributed by atoms with Crippen LogP contribution in [0.25, 0.3) is 10.8 Å². The first-order chi connectivity index (χ1) is 8.49. The Morgan fingerprint density at radius 1 is 1.06 bits per heavy atom. The van der Waals surface area contributed by atoms with Gasteiger partial charge in [-0.2, -0.15) is 0 Å². The Hall–Kier alpha value is -2.09. The Morgan fingerprint density at radius 3 is 2.28 bits per heavy atom. The Kier molecular flexibility index (Phi) is 3.19. The van der Waals surface area contributed by atoms with Gasteiger partial charge < -0.3 is 4.74 Å². The van der Waals surface area contributed by atoms with E-state index in [-0.39, 0.29) is 5.97 Å². The largest absolute Gasteiger partial charge is 0.423 e. The molecule has 0 atom stereocenters. The van der Waals surface area contributed by atoms with E-state index in [2.05, 4.69) is 25.6 Å². The highest BCUT2D eigenvalue weighted by atomic mass is 16.5. The fourth-order valence-electron chi connectivity index (χ4n) is 1.88. The van der Waals surface area contributed by atoms with E-state index in [4.69, 9.17) is 4.74 Å². The first-order valence-corrected chi connectivity index (χ1v) is 5.86. The van der Waals surface area contributed by atoms with Gasteiger partial charge in [-0.15, -0.1) is 0 Å². The number of esters is 1. The van der Waals surface area contributed by atoms with Gasteiger partial charge in [-0.25, -0.2) is 4.79 Å². The first kappa shape index (κ1) is 12.4. The SMILES string of the molecule is C=C(C)C(=O)Oc1ccc2c(C)ccc(C)c2c1. The lowest BCUT2D eigenvalue weighted by atomic mass is 10.0. The van der Waals surface area contributed by atoms with Gasteiger partial charge in [0.25, 0.3) is 0 Å². The third kappa shape index (κ3) is 2.28. The fourth-order valence-corrected chi connectivity index (χ4v) is 1.88. The second-order valence-electron chi connectivity index (χ2n) is 4.58. The van der Waals surface area contributed by atoms with Gasteiger partial charge in [-0.3, -0.25) is 0 Å². The molecule has 0 saturated carbocycles. The number of benzene rings is 2. The molecule has 0 saturated heterocycles. The molecule has 2 nitrogen and oxygen atoms in total. The van der Waals surface area contributed by atoms with E-state index in [0.717, 1.165) is 5.39 Å². The maximum Gasteiger partial charge on any atom is 0.338 e. The minimum atomic E-state index is -0.389. The van der Waals surface area contributed by atoms with Crippen LogP contribution in [0.1, 0.15) is 18.1 Å². The molecule has 2 rings (SSSR count). The predicted molar refractivity (Wildman–Crippen MR) is 73.9 cm³/mol. The molecule has 2 aromatic rings. The van der Waals surface area contributed by atoms with Crippen LogP contribution < -0.4 is 4.74 Å². The summed E-state index contributed by atoms with van der Waals surface area (Å²) in [5, 5.41) is 2.30. The molecule has 0 fully saturated rings. The maximum atomic E-state index is 11.5. The van der Waals surface area contributed by atoms with Crippen molar-refractivity contribution in [1.82, 2.24) is 0 Å². The standard InChI is InChI=1S/C16H16O2/c1-10(2)16(17)18-13-7-8-14-11(3)5-6-12(4)15(14)9-13/h5-9H,1H2,2-4H3. The van der Waals surface area contributed by atoms with Crippen molar-refractivity contribution >= 4 is 16.7 Å². The minimum Gasteiger partial charge on any atom is -0.423 e. The molecule has 0 aliphatic rings. The lowest BCUT2D eigenvalue weighted by Crippen LogP contribution is -2.08. The van der Waals surface area contributed by atoms with Crippen molar-refractivity contribution in [2.75, 3.05) is 0 Å². The zero-order chi connectivity index (χ0) is 13.3. The highest BCUT2D eigenvalue weighted by Gasteiger charge is 2.07. The Bertz CT molecular complexity index is 639. The summed E-state index contributed by atoms with van der Waals surface area (Å²) >= 11 is 0. The molecule has 2 aromatic carbocycles. The van der Waals surface area contributed by atoms with Crippen LogP contribution in [0.3, 0.4) is 0 Å². The molecular formula is C16H16O2. The Morgan fingerprint density at radius 2 is 1.67 bits per heavy atom. The van der Waals surface area contributed by atoms with Gasteiger partial charge in [0.15, 0.2) is 0 Å². The number of aryl methyl sites for hydroxylation is 2. The molecule has 0 amide bonds. The van der Waals surface area contributed by atoms with E-state index >= 15 is 0 Å². The number of hydrogen-bond acceptors (Lipinski definition) is 2. The van der Waals surface area contributed by atoms with Crippen molar-refractivity contribution in [2.45, 2.75) is 20.8 Å². The highest BCUT2D eigenvalue weighted by molar-refractivity contribution is 5.92. The Labute approximate surface area is 107 Å². The van der Waals surface area contributed by atoms with Crippen molar-refractivity contribution in [3.8, 4) is 5.75 Å². The van der Waals surface area contributed by atoms with E-state index in [9.17, 15) is 4.79 Å². The molecule has 0 aliphatic carbocycles. The van der Waals surface area contributed by atoms with Crippen LogP contribution >= 0.6 is 0 Å². The third-order valence-electron chi connectivity index (χ3n) is 2.98. The molecule has 0 unspecified atom stereocenters. The van der Waals surface area contributed by atoms with Gasteiger partial charge in [-0.1, -0.05) is 24.8 Å². The normalized spacial score (nSPS) is 10.4. The summed E-state index contributed by atoms with van der Waals surface area (Å²) in [5.41, 5.74) is 2.79. The number of ether oxygens (including phenoxy) is 1. The predicted octanol–water partition coefficient (Wildman–Crippen LogP) is 3.94. The van der Waals surface area contributed by atoms with Crippen LogP contribution in [0.5, 0.6) is 5.75 Å². The number of carbonyl (C=O) groups excluding carboxylic acids is 1. The quantitative estimate of drug-likeness (QED) is 0.451. The van der Waals surface area contributed by atoms with Gasteiger partial charge in [0, 0.05) is 5.57 Å². The van der Waals surface area contributed by atoms with Crippen molar-refractivity contribution < 1.29 is 9.53 Å². The molecule has 18 heavy (non-hydrogen) atoms. The topological polar surface area (TPSA) is 26.3 Å². The van der Waals surface area contributed by atoms with Crippen molar-refractivity contribution in [3.05, 3.63) is 53.6 Å². The van der Waals surface area contributed by atoms with Gasteiger partial charge in [-0.05, 0) is 54.8 Å². The molecular weight excluding hydrogens is 224 g/mol. The smallest absolute Gasteiger partial charge is 0.338 e. The number of fused-ring (bicyclic) bond motifs is 1. The summed E-state index contributed by atoms with van der Waals surface area (Å²) < 4.78 is 5.24. The summed E-state index contributed by atoms with van der Waals surface area (Å²) in [6, 6.07) is 9.87. The minimum absolute atomic E-state index is 0.389. The summed E-state index contributed by atoms with van der Waals surface area (Å²) in [6.45, 7) is 9.33. The molecule has 2 heteroatoms. The molecule has 0 aromatic heterocycles. The molecule has 0 bridgehead atoms. The monoisotopic (exact) mass is 240 g/mol. The zero-order valence-corrected chi connectivity index (χ0v) is 10.9. The molecule has 92 valence electrons. The van der Waals surface area contributed by atoms with Gasteiger partial charge in [0.1, 0.15) is 5.75 Å². The maximum absolute atomic E-state index is 11.5. The molecule has 0 radical (unpaired) electrons. The summed E-state index contributed by atoms with van der Waals surface area (Å²) in [4.78, 5) is 11.5. The number of hydrogen-bond donors (Lipinski definition) is 0. The van der Waals surface area contributed by atoms with Crippen molar-refractivity contribution in [3.63, 3.8) is 0 Å². The van der Waals surface area contributed by atoms with E-state index in [0.29, 0.717) is 11.3 Å². The van der Waals surface area contributed by atoms with Crippen LogP contribution in [0.15, 0.2) is 42.5 Å². The van der Waals surface area contributed by atoms with E-state index in [1.807, 2.05) is 25.1 Å². The highest BCUT2D eigenvalue weighted by Crippen LogP contribution is 2.26. The van der Waals surface area contributed by atoms with Crippen molar-refractivity contribution in [2.24, 2.45) is 0 Å². The lowest BCUT2D eigenvalue weighted by molar-refractivity contribution is -0.130. The second kappa shape index (κ2) is 4.65. The number of carbonyl (C=O) groups is 1. The molecule has 0 N–H and O–H groups in total. The van der Waals surface area contributed by atoms with Gasteiger partial charge in [0.2, 0.25) is 0 Å². The summed E-state index contributed by atoms with van der Waals surface area (Å²) in [7, 11) is 0. The van der Waals surface area contributed by atoms with E-state index in [1.165, 1.54) is 16.5 Å². The van der Waals surface area contributed by atoms with Crippen LogP contribution in [0, 0.1) is 13.8 Å². The van der Waals surface area contributed by atoms with Gasteiger partial charge >= 0.3 is 5.97 Å². The van der Waals surface area contributed by atoms with Crippen LogP contribution in [-0.2, 0) is 4.79 Å².